The van der Waals surface area contributed by atoms with E-state index in [-0.39, 0.29) is 7.92 Å². The van der Waals surface area contributed by atoms with Crippen LogP contribution in [0.5, 0.6) is 0 Å². The molecule has 0 saturated carbocycles. The Morgan fingerprint density at radius 2 is 1.00 bits per heavy atom. The van der Waals surface area contributed by atoms with Crippen LogP contribution in [-0.2, 0) is 0 Å². The maximum Gasteiger partial charge on any atom is 0.0446 e. The molecule has 0 aromatic carbocycles. The molecule has 3 aliphatic heterocycles. The van der Waals surface area contributed by atoms with Crippen LogP contribution in [0.4, 0.5) is 0 Å². The van der Waals surface area contributed by atoms with Crippen LogP contribution in [0.2, 0.25) is 0 Å². The molecule has 0 aromatic heterocycles. The zero-order chi connectivity index (χ0) is 9.32. The van der Waals surface area contributed by atoms with E-state index in [2.05, 4.69) is 56.1 Å². The van der Waals surface area contributed by atoms with E-state index in [9.17, 15) is 0 Å². The van der Waals surface area contributed by atoms with Gasteiger partial charge >= 0.3 is 0 Å². The third kappa shape index (κ3) is 1.49. The molecule has 0 amide bonds. The Morgan fingerprint density at radius 1 is 0.769 bits per heavy atom. The highest BCUT2D eigenvalue weighted by molar-refractivity contribution is 8.26. The molecule has 0 aliphatic carbocycles. The van der Waals surface area contributed by atoms with Gasteiger partial charge in [-0.05, 0) is 20.8 Å². The van der Waals surface area contributed by atoms with Crippen molar-refractivity contribution in [2.24, 2.45) is 0 Å². The maximum atomic E-state index is 2.51. The molecule has 74 valence electrons. The van der Waals surface area contributed by atoms with Crippen molar-refractivity contribution in [3.05, 3.63) is 0 Å². The van der Waals surface area contributed by atoms with Crippen molar-refractivity contribution in [2.75, 3.05) is 17.3 Å². The fourth-order valence-corrected chi connectivity index (χ4v) is 13.7. The summed E-state index contributed by atoms with van der Waals surface area (Å²) in [5, 5.41) is 0. The van der Waals surface area contributed by atoms with E-state index < -0.39 is 0 Å². The topological polar surface area (TPSA) is 0 Å². The van der Waals surface area contributed by atoms with E-state index in [1.165, 1.54) is 17.3 Å². The van der Waals surface area contributed by atoms with E-state index in [1.54, 1.807) is 0 Å². The van der Waals surface area contributed by atoms with E-state index in [0.29, 0.717) is 13.5 Å². The van der Waals surface area contributed by atoms with Crippen LogP contribution in [0, 0.1) is 0 Å². The molecule has 0 aromatic rings. The monoisotopic (exact) mass is 250 g/mol. The van der Waals surface area contributed by atoms with Gasteiger partial charge in [-0.2, -0.15) is 0 Å². The summed E-state index contributed by atoms with van der Waals surface area (Å²) in [6, 6.07) is 0. The van der Waals surface area contributed by atoms with Crippen LogP contribution in [-0.4, -0.2) is 30.7 Å². The molecule has 13 heavy (non-hydrogen) atoms. The first kappa shape index (κ1) is 9.69. The molecule has 3 atom stereocenters. The van der Waals surface area contributed by atoms with Gasteiger partial charge in [0.1, 0.15) is 0 Å². The molecule has 4 heteroatoms. The first-order valence-corrected chi connectivity index (χ1v) is 9.01. The van der Waals surface area contributed by atoms with Crippen LogP contribution >= 0.6 is 43.2 Å². The van der Waals surface area contributed by atoms with Crippen molar-refractivity contribution in [3.63, 3.8) is 0 Å². The van der Waals surface area contributed by atoms with E-state index in [4.69, 9.17) is 0 Å². The number of hydrogen-bond donors (Lipinski definition) is 0. The summed E-state index contributed by atoms with van der Waals surface area (Å²) in [6.07, 6.45) is 0. The highest BCUT2D eigenvalue weighted by Gasteiger charge is 2.68. The predicted octanol–water partition coefficient (Wildman–Crippen LogP) is 3.86. The number of rotatable bonds is 3. The second-order valence-electron chi connectivity index (χ2n) is 4.73. The van der Waals surface area contributed by atoms with Crippen molar-refractivity contribution in [3.8, 4) is 0 Å². The van der Waals surface area contributed by atoms with Gasteiger partial charge in [0.2, 0.25) is 0 Å². The van der Waals surface area contributed by atoms with Gasteiger partial charge in [0.05, 0.1) is 0 Å². The molecule has 0 bridgehead atoms. The van der Waals surface area contributed by atoms with Gasteiger partial charge in [0, 0.05) is 30.7 Å². The van der Waals surface area contributed by atoms with Crippen LogP contribution in [0.1, 0.15) is 20.8 Å². The highest BCUT2D eigenvalue weighted by Crippen LogP contribution is 2.89. The number of thioether (sulfide) groups is 3. The van der Waals surface area contributed by atoms with Gasteiger partial charge in [-0.1, -0.05) is 7.92 Å². The molecule has 0 nitrogen and oxygen atoms in total. The predicted molar refractivity (Wildman–Crippen MR) is 69.5 cm³/mol. The van der Waals surface area contributed by atoms with Gasteiger partial charge in [-0.25, -0.2) is 0 Å². The molecular weight excluding hydrogens is 235 g/mol. The van der Waals surface area contributed by atoms with E-state index in [1.807, 2.05) is 0 Å². The number of hydrogen-bond acceptors (Lipinski definition) is 3. The fourth-order valence-electron chi connectivity index (χ4n) is 2.20. The van der Waals surface area contributed by atoms with Crippen molar-refractivity contribution in [1.82, 2.24) is 0 Å². The first-order chi connectivity index (χ1) is 5.99. The summed E-state index contributed by atoms with van der Waals surface area (Å²) in [4.78, 5) is 0. The van der Waals surface area contributed by atoms with Gasteiger partial charge < -0.3 is 0 Å². The van der Waals surface area contributed by atoms with Gasteiger partial charge in [0.25, 0.3) is 0 Å². The zero-order valence-corrected chi connectivity index (χ0v) is 11.6. The van der Waals surface area contributed by atoms with Crippen molar-refractivity contribution >= 4 is 43.2 Å². The second kappa shape index (κ2) is 2.59. The van der Waals surface area contributed by atoms with Crippen molar-refractivity contribution in [1.29, 1.82) is 0 Å². The third-order valence-electron chi connectivity index (χ3n) is 3.11. The third-order valence-corrected chi connectivity index (χ3v) is 13.3. The van der Waals surface area contributed by atoms with Gasteiger partial charge in [-0.15, -0.1) is 35.3 Å². The van der Waals surface area contributed by atoms with Crippen LogP contribution < -0.4 is 0 Å². The van der Waals surface area contributed by atoms with Gasteiger partial charge in [0.15, 0.2) is 0 Å². The molecule has 3 fully saturated rings. The molecule has 3 heterocycles. The van der Waals surface area contributed by atoms with E-state index >= 15 is 0 Å². The minimum atomic E-state index is 0.238. The quantitative estimate of drug-likeness (QED) is 0.551. The standard InChI is InChI=1S/C9H15PS3/c1-7(4-11-7)10(8(2)5-12-8)9(3)6-13-9/h4-6H2,1-3H3. The molecule has 3 aliphatic rings. The van der Waals surface area contributed by atoms with Crippen LogP contribution in [0.15, 0.2) is 0 Å². The normalized spacial score (nSPS) is 60.2. The van der Waals surface area contributed by atoms with Crippen molar-refractivity contribution < 1.29 is 0 Å². The Kier molecular flexibility index (Phi) is 1.93. The smallest absolute Gasteiger partial charge is 0.0446 e. The molecular formula is C9H15PS3. The summed E-state index contributed by atoms with van der Waals surface area (Å²) in [5.74, 6) is 4.31. The summed E-state index contributed by atoms with van der Waals surface area (Å²) < 4.78 is 2.10. The Labute approximate surface area is 94.5 Å². The second-order valence-corrected chi connectivity index (χ2v) is 13.7. The molecule has 0 spiro atoms. The lowest BCUT2D eigenvalue weighted by molar-refractivity contribution is 0.978. The van der Waals surface area contributed by atoms with Crippen LogP contribution in [0.25, 0.3) is 0 Å². The minimum absolute atomic E-state index is 0.238. The highest BCUT2D eigenvalue weighted by atomic mass is 32.2. The summed E-state index contributed by atoms with van der Waals surface area (Å²) >= 11 is 6.64. The van der Waals surface area contributed by atoms with E-state index in [0.717, 1.165) is 0 Å². The lowest BCUT2D eigenvalue weighted by Gasteiger charge is -2.33. The Hall–Kier alpha value is 1.48. The molecule has 3 rings (SSSR count). The molecule has 3 saturated heterocycles. The Balaban J connectivity index is 1.89. The maximum absolute atomic E-state index is 2.51. The fraction of sp³-hybridized carbons (Fsp3) is 1.00. The lowest BCUT2D eigenvalue weighted by Crippen LogP contribution is -2.21. The minimum Gasteiger partial charge on any atom is -0.148 e. The largest absolute Gasteiger partial charge is 0.148 e. The average Bonchev–Trinajstić information content (AvgIpc) is 2.87. The first-order valence-electron chi connectivity index (χ1n) is 4.71. The van der Waals surface area contributed by atoms with Gasteiger partial charge in [-0.3, -0.25) is 0 Å². The summed E-state index contributed by atoms with van der Waals surface area (Å²) in [5.41, 5.74) is 0. The molecule has 3 unspecified atom stereocenters. The van der Waals surface area contributed by atoms with Crippen molar-refractivity contribution in [2.45, 2.75) is 34.2 Å². The lowest BCUT2D eigenvalue weighted by atomic mass is 10.5. The summed E-state index contributed by atoms with van der Waals surface area (Å²) in [7, 11) is 0.238. The summed E-state index contributed by atoms with van der Waals surface area (Å²) in [6.45, 7) is 7.53. The molecule has 0 radical (unpaired) electrons. The SMILES string of the molecule is CC1(P(C2(C)CS2)C2(C)CS2)CS1. The molecule has 0 N–H and O–H groups in total. The Bertz CT molecular complexity index is 211. The average molecular weight is 250 g/mol. The Morgan fingerprint density at radius 3 is 1.15 bits per heavy atom. The van der Waals surface area contributed by atoms with Crippen LogP contribution in [0.3, 0.4) is 0 Å². The zero-order valence-electron chi connectivity index (χ0n) is 8.29.